The summed E-state index contributed by atoms with van der Waals surface area (Å²) in [5, 5.41) is 5.90. The lowest BCUT2D eigenvalue weighted by molar-refractivity contribution is 0.419. The molecule has 0 aromatic heterocycles. The fourth-order valence-electron chi connectivity index (χ4n) is 2.46. The van der Waals surface area contributed by atoms with Crippen molar-refractivity contribution in [2.75, 3.05) is 12.4 Å². The third-order valence-corrected chi connectivity index (χ3v) is 4.48. The molecule has 0 aliphatic rings. The van der Waals surface area contributed by atoms with Gasteiger partial charge in [0.2, 0.25) is 0 Å². The van der Waals surface area contributed by atoms with Gasteiger partial charge in [-0.25, -0.2) is 0 Å². The number of hydrogen-bond donors (Lipinski definition) is 1. The van der Waals surface area contributed by atoms with Crippen molar-refractivity contribution in [3.8, 4) is 5.75 Å². The van der Waals surface area contributed by atoms with E-state index in [4.69, 9.17) is 4.74 Å². The maximum atomic E-state index is 5.44. The second kappa shape index (κ2) is 6.35. The first kappa shape index (κ1) is 14.2. The number of benzene rings is 3. The van der Waals surface area contributed by atoms with Crippen LogP contribution in [0.25, 0.3) is 10.8 Å². The molecule has 3 heteroatoms. The molecule has 3 aromatic carbocycles. The van der Waals surface area contributed by atoms with Crippen LogP contribution in [0.2, 0.25) is 0 Å². The van der Waals surface area contributed by atoms with Gasteiger partial charge in [-0.05, 0) is 51.7 Å². The summed E-state index contributed by atoms with van der Waals surface area (Å²) in [6.07, 6.45) is 0. The van der Waals surface area contributed by atoms with Crippen LogP contribution >= 0.6 is 22.6 Å². The van der Waals surface area contributed by atoms with Crippen molar-refractivity contribution in [1.82, 2.24) is 0 Å². The van der Waals surface area contributed by atoms with Crippen LogP contribution in [0.1, 0.15) is 5.56 Å². The first-order valence-electron chi connectivity index (χ1n) is 6.82. The zero-order chi connectivity index (χ0) is 14.7. The standard InChI is InChI=1S/C18H16INO/c1-21-18-11-10-13(14-6-2-3-7-15(14)18)12-20-17-9-5-4-8-16(17)19/h2-11,20H,12H2,1H3. The molecule has 106 valence electrons. The van der Waals surface area contributed by atoms with Gasteiger partial charge < -0.3 is 10.1 Å². The van der Waals surface area contributed by atoms with E-state index in [0.29, 0.717) is 0 Å². The SMILES string of the molecule is COc1ccc(CNc2ccccc2I)c2ccccc12. The zero-order valence-electron chi connectivity index (χ0n) is 11.8. The van der Waals surface area contributed by atoms with E-state index in [1.807, 2.05) is 12.1 Å². The van der Waals surface area contributed by atoms with Crippen molar-refractivity contribution in [3.63, 3.8) is 0 Å². The molecule has 0 heterocycles. The van der Waals surface area contributed by atoms with Gasteiger partial charge in [-0.3, -0.25) is 0 Å². The van der Waals surface area contributed by atoms with E-state index in [0.717, 1.165) is 23.4 Å². The summed E-state index contributed by atoms with van der Waals surface area (Å²) in [4.78, 5) is 0. The van der Waals surface area contributed by atoms with Gasteiger partial charge in [-0.15, -0.1) is 0 Å². The summed E-state index contributed by atoms with van der Waals surface area (Å²) in [7, 11) is 1.71. The maximum Gasteiger partial charge on any atom is 0.126 e. The Labute approximate surface area is 138 Å². The quantitative estimate of drug-likeness (QED) is 0.630. The minimum Gasteiger partial charge on any atom is -0.496 e. The zero-order valence-corrected chi connectivity index (χ0v) is 13.9. The normalized spacial score (nSPS) is 10.6. The molecule has 0 saturated carbocycles. The topological polar surface area (TPSA) is 21.3 Å². The summed E-state index contributed by atoms with van der Waals surface area (Å²) >= 11 is 2.35. The van der Waals surface area contributed by atoms with E-state index in [9.17, 15) is 0 Å². The van der Waals surface area contributed by atoms with E-state index < -0.39 is 0 Å². The highest BCUT2D eigenvalue weighted by Gasteiger charge is 2.06. The van der Waals surface area contributed by atoms with Crippen molar-refractivity contribution in [3.05, 3.63) is 69.8 Å². The first-order valence-corrected chi connectivity index (χ1v) is 7.90. The molecule has 0 unspecified atom stereocenters. The number of ether oxygens (including phenoxy) is 1. The second-order valence-electron chi connectivity index (χ2n) is 4.81. The smallest absolute Gasteiger partial charge is 0.126 e. The molecule has 0 radical (unpaired) electrons. The average Bonchev–Trinajstić information content (AvgIpc) is 2.54. The van der Waals surface area contributed by atoms with E-state index in [-0.39, 0.29) is 0 Å². The Bertz CT molecular complexity index is 770. The highest BCUT2D eigenvalue weighted by molar-refractivity contribution is 14.1. The van der Waals surface area contributed by atoms with Crippen LogP contribution in [0.15, 0.2) is 60.7 Å². The minimum absolute atomic E-state index is 0.796. The lowest BCUT2D eigenvalue weighted by atomic mass is 10.0. The molecule has 0 aliphatic heterocycles. The maximum absolute atomic E-state index is 5.44. The van der Waals surface area contributed by atoms with E-state index in [1.54, 1.807) is 7.11 Å². The highest BCUT2D eigenvalue weighted by Crippen LogP contribution is 2.29. The van der Waals surface area contributed by atoms with Gasteiger partial charge in [0, 0.05) is 21.2 Å². The predicted octanol–water partition coefficient (Wildman–Crippen LogP) is 5.07. The molecule has 0 atom stereocenters. The Morgan fingerprint density at radius 1 is 0.905 bits per heavy atom. The molecule has 3 rings (SSSR count). The molecule has 1 N–H and O–H groups in total. The highest BCUT2D eigenvalue weighted by atomic mass is 127. The van der Waals surface area contributed by atoms with Crippen molar-refractivity contribution in [1.29, 1.82) is 0 Å². The van der Waals surface area contributed by atoms with Gasteiger partial charge in [0.25, 0.3) is 0 Å². The van der Waals surface area contributed by atoms with Crippen LogP contribution in [0, 0.1) is 3.57 Å². The Hall–Kier alpha value is -1.75. The molecule has 0 saturated heterocycles. The van der Waals surface area contributed by atoms with Crippen LogP contribution in [0.4, 0.5) is 5.69 Å². The predicted molar refractivity (Wildman–Crippen MR) is 97.0 cm³/mol. The van der Waals surface area contributed by atoms with E-state index >= 15 is 0 Å². The largest absolute Gasteiger partial charge is 0.496 e. The number of fused-ring (bicyclic) bond motifs is 1. The second-order valence-corrected chi connectivity index (χ2v) is 5.97. The van der Waals surface area contributed by atoms with Gasteiger partial charge in [0.05, 0.1) is 7.11 Å². The molecule has 0 amide bonds. The molecule has 21 heavy (non-hydrogen) atoms. The van der Waals surface area contributed by atoms with E-state index in [2.05, 4.69) is 76.4 Å². The van der Waals surface area contributed by atoms with Crippen LogP contribution in [0.5, 0.6) is 5.75 Å². The van der Waals surface area contributed by atoms with Gasteiger partial charge in [-0.2, -0.15) is 0 Å². The average molecular weight is 389 g/mol. The first-order chi connectivity index (χ1) is 10.3. The van der Waals surface area contributed by atoms with Crippen LogP contribution in [0.3, 0.4) is 0 Å². The van der Waals surface area contributed by atoms with E-state index in [1.165, 1.54) is 14.5 Å². The van der Waals surface area contributed by atoms with Crippen molar-refractivity contribution >= 4 is 39.1 Å². The number of methoxy groups -OCH3 is 1. The summed E-state index contributed by atoms with van der Waals surface area (Å²) in [5.41, 5.74) is 2.43. The number of halogens is 1. The third-order valence-electron chi connectivity index (χ3n) is 3.54. The Balaban J connectivity index is 1.93. The molecule has 0 fully saturated rings. The fraction of sp³-hybridized carbons (Fsp3) is 0.111. The molecule has 2 nitrogen and oxygen atoms in total. The molecule has 0 bridgehead atoms. The van der Waals surface area contributed by atoms with Crippen molar-refractivity contribution in [2.24, 2.45) is 0 Å². The fourth-order valence-corrected chi connectivity index (χ4v) is 3.04. The summed E-state index contributed by atoms with van der Waals surface area (Å²) in [5.74, 6) is 0.920. The van der Waals surface area contributed by atoms with Crippen LogP contribution < -0.4 is 10.1 Å². The minimum atomic E-state index is 0.796. The van der Waals surface area contributed by atoms with Crippen LogP contribution in [-0.4, -0.2) is 7.11 Å². The van der Waals surface area contributed by atoms with Crippen molar-refractivity contribution < 1.29 is 4.74 Å². The monoisotopic (exact) mass is 389 g/mol. The third kappa shape index (κ3) is 2.97. The number of para-hydroxylation sites is 1. The summed E-state index contributed by atoms with van der Waals surface area (Å²) in [6.45, 7) is 0.796. The van der Waals surface area contributed by atoms with Crippen molar-refractivity contribution in [2.45, 2.75) is 6.54 Å². The molecule has 3 aromatic rings. The number of rotatable bonds is 4. The van der Waals surface area contributed by atoms with Gasteiger partial charge >= 0.3 is 0 Å². The summed E-state index contributed by atoms with van der Waals surface area (Å²) in [6, 6.07) is 20.8. The van der Waals surface area contributed by atoms with Gasteiger partial charge in [0.15, 0.2) is 0 Å². The Morgan fingerprint density at radius 2 is 1.62 bits per heavy atom. The summed E-state index contributed by atoms with van der Waals surface area (Å²) < 4.78 is 6.67. The number of hydrogen-bond acceptors (Lipinski definition) is 2. The Kier molecular flexibility index (Phi) is 4.29. The molecule has 0 spiro atoms. The van der Waals surface area contributed by atoms with Gasteiger partial charge in [0.1, 0.15) is 5.75 Å². The lowest BCUT2D eigenvalue weighted by Gasteiger charge is -2.13. The van der Waals surface area contributed by atoms with Crippen LogP contribution in [-0.2, 0) is 6.54 Å². The Morgan fingerprint density at radius 3 is 2.38 bits per heavy atom. The van der Waals surface area contributed by atoms with Gasteiger partial charge in [-0.1, -0.05) is 42.5 Å². The molecule has 0 aliphatic carbocycles. The number of nitrogens with one attached hydrogen (secondary N) is 1. The molecular formula is C18H16INO. The number of anilines is 1. The molecular weight excluding hydrogens is 373 g/mol. The lowest BCUT2D eigenvalue weighted by Crippen LogP contribution is -2.02.